The van der Waals surface area contributed by atoms with Crippen LogP contribution in [-0.4, -0.2) is 113 Å². The molecule has 7 rings (SSSR count). The van der Waals surface area contributed by atoms with Gasteiger partial charge in [-0.3, -0.25) is 19.2 Å². The Morgan fingerprint density at radius 1 is 0.800 bits per heavy atom. The van der Waals surface area contributed by atoms with Gasteiger partial charge < -0.3 is 50.0 Å². The van der Waals surface area contributed by atoms with Crippen LogP contribution < -0.4 is 31.3 Å². The van der Waals surface area contributed by atoms with Crippen molar-refractivity contribution < 1.29 is 56.1 Å². The summed E-state index contributed by atoms with van der Waals surface area (Å²) in [5.41, 5.74) is 0.956. The van der Waals surface area contributed by atoms with Gasteiger partial charge in [-0.1, -0.05) is 100.0 Å². The smallest absolute Gasteiger partial charge is 0.315 e. The van der Waals surface area contributed by atoms with Gasteiger partial charge in [-0.15, -0.1) is 0 Å². The lowest BCUT2D eigenvalue weighted by atomic mass is 9.80. The molecular weight excluding hydrogens is 1000 g/mol. The highest BCUT2D eigenvalue weighted by Gasteiger charge is 2.53. The molecule has 75 heavy (non-hydrogen) atoms. The lowest BCUT2D eigenvalue weighted by molar-refractivity contribution is -0.133. The number of fused-ring (bicyclic) bond motifs is 1. The van der Waals surface area contributed by atoms with E-state index in [1.54, 1.807) is 7.11 Å². The Kier molecular flexibility index (Phi) is 19.3. The van der Waals surface area contributed by atoms with Gasteiger partial charge in [0, 0.05) is 61.1 Å². The van der Waals surface area contributed by atoms with Crippen molar-refractivity contribution in [1.29, 1.82) is 0 Å². The second-order valence-corrected chi connectivity index (χ2v) is 26.8. The third-order valence-corrected chi connectivity index (χ3v) is 20.7. The van der Waals surface area contributed by atoms with Crippen molar-refractivity contribution in [3.05, 3.63) is 137 Å². The number of benzene rings is 4. The lowest BCUT2D eigenvalue weighted by Crippen LogP contribution is -2.49. The van der Waals surface area contributed by atoms with Gasteiger partial charge in [0.1, 0.15) is 54.0 Å². The van der Waals surface area contributed by atoms with Crippen LogP contribution in [0.1, 0.15) is 93.2 Å². The lowest BCUT2D eigenvalue weighted by Gasteiger charge is -2.41. The summed E-state index contributed by atoms with van der Waals surface area (Å²) in [5.74, 6) is -1.90. The molecule has 4 aromatic rings. The molecule has 3 fully saturated rings. The predicted molar refractivity (Wildman–Crippen MR) is 285 cm³/mol. The summed E-state index contributed by atoms with van der Waals surface area (Å²) >= 11 is 1.81. The highest BCUT2D eigenvalue weighted by atomic mass is 32.2. The summed E-state index contributed by atoms with van der Waals surface area (Å²) in [5, 5.41) is 13.6. The molecule has 0 bridgehead atoms. The van der Waals surface area contributed by atoms with E-state index < -0.39 is 62.5 Å². The summed E-state index contributed by atoms with van der Waals surface area (Å²) in [6.07, 6.45) is -2.11. The number of hydrogen-bond acceptors (Lipinski definition) is 11. The maximum atomic E-state index is 16.6. The number of urea groups is 1. The largest absolute Gasteiger partial charge is 0.497 e. The van der Waals surface area contributed by atoms with Gasteiger partial charge in [-0.2, -0.15) is 11.8 Å². The van der Waals surface area contributed by atoms with Crippen LogP contribution in [-0.2, 0) is 50.0 Å². The molecule has 3 aliphatic heterocycles. The van der Waals surface area contributed by atoms with Crippen molar-refractivity contribution >= 4 is 49.6 Å². The number of ketones is 1. The minimum Gasteiger partial charge on any atom is -0.497 e. The molecule has 15 nitrogen and oxygen atoms in total. The summed E-state index contributed by atoms with van der Waals surface area (Å²) in [6.45, 7) is 8.90. The van der Waals surface area contributed by atoms with Crippen LogP contribution in [0.2, 0.25) is 18.1 Å². The molecule has 0 saturated carbocycles. The Hall–Kier alpha value is -5.70. The second-order valence-electron chi connectivity index (χ2n) is 20.8. The average molecular weight is 1070 g/mol. The molecule has 5 N–H and O–H groups in total. The number of hydrogen-bond donors (Lipinski definition) is 5. The quantitative estimate of drug-likeness (QED) is 0.0189. The molecule has 0 spiro atoms. The minimum atomic E-state index is -2.80. The molecule has 5 amide bonds. The Morgan fingerprint density at radius 3 is 2.11 bits per heavy atom. The molecule has 0 radical (unpaired) electrons. The number of unbranched alkanes of at least 4 members (excludes halogenated alkanes) is 1. The van der Waals surface area contributed by atoms with Gasteiger partial charge in [0.15, 0.2) is 14.1 Å². The molecule has 19 heteroatoms. The number of nitrogens with one attached hydrogen (secondary N) is 5. The summed E-state index contributed by atoms with van der Waals surface area (Å²) in [6, 6.07) is 29.0. The van der Waals surface area contributed by atoms with Crippen LogP contribution in [0.3, 0.4) is 0 Å². The van der Waals surface area contributed by atoms with Crippen molar-refractivity contribution in [2.75, 3.05) is 39.7 Å². The zero-order valence-electron chi connectivity index (χ0n) is 43.8. The van der Waals surface area contributed by atoms with Crippen molar-refractivity contribution in [3.8, 4) is 5.75 Å². The van der Waals surface area contributed by atoms with Gasteiger partial charge in [0.25, 0.3) is 0 Å². The maximum absolute atomic E-state index is 16.6. The molecule has 404 valence electrons. The third kappa shape index (κ3) is 14.0. The van der Waals surface area contributed by atoms with E-state index in [0.717, 1.165) is 41.4 Å². The van der Waals surface area contributed by atoms with Gasteiger partial charge >= 0.3 is 6.03 Å². The van der Waals surface area contributed by atoms with E-state index in [4.69, 9.17) is 23.4 Å². The molecule has 3 heterocycles. The zero-order chi connectivity index (χ0) is 53.9. The molecule has 3 saturated heterocycles. The Balaban J connectivity index is 1.14. The first-order chi connectivity index (χ1) is 35.8. The van der Waals surface area contributed by atoms with Crippen LogP contribution >= 0.6 is 11.8 Å². The van der Waals surface area contributed by atoms with Gasteiger partial charge in [-0.25, -0.2) is 13.6 Å². The molecule has 3 aliphatic rings. The van der Waals surface area contributed by atoms with Crippen molar-refractivity contribution in [1.82, 2.24) is 26.6 Å². The van der Waals surface area contributed by atoms with E-state index in [1.165, 1.54) is 13.1 Å². The number of amides is 5. The number of halogens is 2. The van der Waals surface area contributed by atoms with Gasteiger partial charge in [0.05, 0.1) is 32.3 Å². The summed E-state index contributed by atoms with van der Waals surface area (Å²) < 4.78 is 65.8. The van der Waals surface area contributed by atoms with Crippen molar-refractivity contribution in [3.63, 3.8) is 0 Å². The number of carbonyl (C=O) groups excluding carboxylic acids is 5. The number of Topliss-reactive ketones (excluding diaryl/α,β-unsaturated/α-hetero) is 1. The van der Waals surface area contributed by atoms with Crippen LogP contribution in [0.15, 0.2) is 97.1 Å². The molecule has 7 atom stereocenters. The number of rotatable bonds is 25. The molecule has 1 unspecified atom stereocenters. The first kappa shape index (κ1) is 57.0. The van der Waals surface area contributed by atoms with E-state index in [9.17, 15) is 24.0 Å². The average Bonchev–Trinajstić information content (AvgIpc) is 4.08. The standard InChI is InChI=1S/C56H71F2N5O10SSi/c1-55(2,3)75(6,7)73-53-51(41-28-35(42(57)29-43(41)58)30-60-49(67)31-61-48(66)21-15-14-20-46-50-44(34-74-46)62-54(68)63-50)72-45(52(53)70-32-39(64)24-27-47(65)59-4)33-71-56(36-16-10-8-11-17-36,37-18-12-9-13-19-37)38-22-25-40(69-5)26-23-38/h8-13,16-19,22-23,25-26,28-29,44-46,50-53H,14-15,20-21,24,27,30-34H2,1-7H3,(H,59,65)(H,60,67)(H,61,66)(H2,62,63,68)/t44-,45+,46-,50-,51-,52?,53+/m0/s1. The van der Waals surface area contributed by atoms with E-state index in [1.807, 2.05) is 110 Å². The normalized spacial score (nSPS) is 21.5. The Bertz CT molecular complexity index is 2570. The van der Waals surface area contributed by atoms with Crippen LogP contribution in [0.5, 0.6) is 5.75 Å². The zero-order valence-corrected chi connectivity index (χ0v) is 45.6. The Morgan fingerprint density at radius 2 is 1.47 bits per heavy atom. The van der Waals surface area contributed by atoms with Crippen molar-refractivity contribution in [2.24, 2.45) is 0 Å². The third-order valence-electron chi connectivity index (χ3n) is 14.7. The topological polar surface area (TPSA) is 192 Å². The van der Waals surface area contributed by atoms with Crippen LogP contribution in [0, 0.1) is 11.6 Å². The first-order valence-corrected chi connectivity index (χ1v) is 29.6. The van der Waals surface area contributed by atoms with Gasteiger partial charge in [-0.05, 0) is 65.9 Å². The predicted octanol–water partition coefficient (Wildman–Crippen LogP) is 7.75. The molecular formula is C56H71F2N5O10SSi. The number of ether oxygens (including phenoxy) is 4. The minimum absolute atomic E-state index is 0.0466. The van der Waals surface area contributed by atoms with E-state index in [0.29, 0.717) is 12.2 Å². The fourth-order valence-corrected chi connectivity index (χ4v) is 12.3. The molecule has 0 aromatic heterocycles. The second kappa shape index (κ2) is 25.4. The first-order valence-electron chi connectivity index (χ1n) is 25.6. The molecule has 0 aliphatic carbocycles. The highest BCUT2D eigenvalue weighted by molar-refractivity contribution is 8.00. The highest BCUT2D eigenvalue weighted by Crippen LogP contribution is 2.47. The van der Waals surface area contributed by atoms with Gasteiger partial charge in [0.2, 0.25) is 17.7 Å². The molecule has 4 aromatic carbocycles. The maximum Gasteiger partial charge on any atom is 0.315 e. The summed E-state index contributed by atoms with van der Waals surface area (Å²) in [4.78, 5) is 63.2. The van der Waals surface area contributed by atoms with E-state index in [2.05, 4.69) is 47.4 Å². The SMILES string of the molecule is CNC(=O)CCC(=O)COC1[C@@H](COC(c2ccccc2)(c2ccccc2)c2ccc(OC)cc2)O[C@@H](c2cc(CNC(=O)CNC(=O)CCCC[C@@H]3SC[C@@H]4NC(=O)N[C@@H]43)c(F)cc2F)[C@H]1O[Si](C)(C)C(C)(C)C. The number of carbonyl (C=O) groups is 5. The van der Waals surface area contributed by atoms with Crippen molar-refractivity contribution in [2.45, 2.75) is 131 Å². The van der Waals surface area contributed by atoms with E-state index in [-0.39, 0.29) is 96.1 Å². The number of methoxy groups -OCH3 is 1. The van der Waals surface area contributed by atoms with E-state index >= 15 is 8.78 Å². The van der Waals surface area contributed by atoms with Crippen LogP contribution in [0.4, 0.5) is 13.6 Å². The monoisotopic (exact) mass is 1070 g/mol. The fraction of sp³-hybridized carbons (Fsp3) is 0.482. The summed E-state index contributed by atoms with van der Waals surface area (Å²) in [7, 11) is 0.274. The number of thioether (sulfide) groups is 1. The Labute approximate surface area is 443 Å². The fourth-order valence-electron chi connectivity index (χ4n) is 9.49. The van der Waals surface area contributed by atoms with Crippen LogP contribution in [0.25, 0.3) is 0 Å².